The van der Waals surface area contributed by atoms with Gasteiger partial charge in [-0.15, -0.1) is 0 Å². The maximum Gasteiger partial charge on any atom is 0.0653 e. The maximum absolute atomic E-state index is 6.19. The van der Waals surface area contributed by atoms with E-state index in [0.29, 0.717) is 11.5 Å². The van der Waals surface area contributed by atoms with Crippen molar-refractivity contribution >= 4 is 15.9 Å². The molecule has 2 atom stereocenters. The van der Waals surface area contributed by atoms with Crippen LogP contribution >= 0.6 is 15.9 Å². The average Bonchev–Trinajstić information content (AvgIpc) is 3.10. The van der Waals surface area contributed by atoms with E-state index in [2.05, 4.69) is 15.9 Å². The summed E-state index contributed by atoms with van der Waals surface area (Å²) >= 11 is 3.90. The molecule has 3 saturated carbocycles. The van der Waals surface area contributed by atoms with Crippen LogP contribution in [0.25, 0.3) is 0 Å². The van der Waals surface area contributed by atoms with Gasteiger partial charge in [0.05, 0.1) is 6.10 Å². The normalized spacial score (nSPS) is 38.1. The van der Waals surface area contributed by atoms with Gasteiger partial charge < -0.3 is 4.74 Å². The number of alkyl halides is 1. The molecule has 92 valence electrons. The molecule has 0 aromatic heterocycles. The van der Waals surface area contributed by atoms with Crippen molar-refractivity contribution in [3.8, 4) is 0 Å². The molecule has 3 aliphatic rings. The highest BCUT2D eigenvalue weighted by Gasteiger charge is 2.54. The summed E-state index contributed by atoms with van der Waals surface area (Å²) in [5, 5.41) is 0. The van der Waals surface area contributed by atoms with Gasteiger partial charge in [0.1, 0.15) is 0 Å². The molecule has 0 bridgehead atoms. The summed E-state index contributed by atoms with van der Waals surface area (Å²) in [5.41, 5.74) is 0.519. The molecule has 1 spiro atoms. The first kappa shape index (κ1) is 11.5. The van der Waals surface area contributed by atoms with Crippen molar-refractivity contribution < 1.29 is 4.74 Å². The number of rotatable bonds is 3. The summed E-state index contributed by atoms with van der Waals surface area (Å²) in [6.07, 6.45) is 13.2. The van der Waals surface area contributed by atoms with E-state index in [1.54, 1.807) is 0 Å². The first-order valence-corrected chi connectivity index (χ1v) is 7.98. The van der Waals surface area contributed by atoms with E-state index in [0.717, 1.165) is 17.4 Å². The molecular weight excluding hydrogens is 264 g/mol. The minimum absolute atomic E-state index is 0.519. The van der Waals surface area contributed by atoms with E-state index in [1.807, 2.05) is 0 Å². The van der Waals surface area contributed by atoms with Crippen LogP contribution in [-0.2, 0) is 4.74 Å². The van der Waals surface area contributed by atoms with Crippen LogP contribution in [0.4, 0.5) is 0 Å². The molecule has 0 radical (unpaired) electrons. The second-order valence-corrected chi connectivity index (χ2v) is 7.22. The largest absolute Gasteiger partial charge is 0.377 e. The van der Waals surface area contributed by atoms with E-state index in [1.165, 1.54) is 57.8 Å². The molecule has 1 nitrogen and oxygen atoms in total. The van der Waals surface area contributed by atoms with Crippen LogP contribution in [0.2, 0.25) is 0 Å². The summed E-state index contributed by atoms with van der Waals surface area (Å²) in [7, 11) is 0. The van der Waals surface area contributed by atoms with Gasteiger partial charge in [0.15, 0.2) is 0 Å². The topological polar surface area (TPSA) is 9.23 Å². The lowest BCUT2D eigenvalue weighted by atomic mass is 9.61. The van der Waals surface area contributed by atoms with Gasteiger partial charge in [0.25, 0.3) is 0 Å². The molecule has 0 saturated heterocycles. The minimum atomic E-state index is 0.519. The Morgan fingerprint density at radius 1 is 1.06 bits per heavy atom. The number of hydrogen-bond acceptors (Lipinski definition) is 1. The molecule has 0 aliphatic heterocycles. The Morgan fingerprint density at radius 2 is 1.75 bits per heavy atom. The third-order valence-corrected chi connectivity index (χ3v) is 6.24. The van der Waals surface area contributed by atoms with Gasteiger partial charge in [-0.05, 0) is 38.0 Å². The molecule has 16 heavy (non-hydrogen) atoms. The fourth-order valence-electron chi connectivity index (χ4n) is 3.49. The molecule has 3 fully saturated rings. The van der Waals surface area contributed by atoms with Crippen molar-refractivity contribution in [1.29, 1.82) is 0 Å². The molecule has 2 heteroatoms. The Hall–Kier alpha value is 0.440. The number of ether oxygens (including phenoxy) is 1. The second-order valence-electron chi connectivity index (χ2n) is 6.12. The van der Waals surface area contributed by atoms with Gasteiger partial charge >= 0.3 is 0 Å². The van der Waals surface area contributed by atoms with E-state index < -0.39 is 0 Å². The molecule has 0 N–H and O–H groups in total. The molecule has 3 rings (SSSR count). The quantitative estimate of drug-likeness (QED) is 0.704. The van der Waals surface area contributed by atoms with Gasteiger partial charge in [-0.2, -0.15) is 0 Å². The lowest BCUT2D eigenvalue weighted by molar-refractivity contribution is -0.114. The zero-order valence-corrected chi connectivity index (χ0v) is 11.7. The lowest BCUT2D eigenvalue weighted by Gasteiger charge is -2.53. The summed E-state index contributed by atoms with van der Waals surface area (Å²) in [6.45, 7) is 1.05. The maximum atomic E-state index is 6.19. The predicted octanol–water partition coefficient (Wildman–Crippen LogP) is 4.29. The fraction of sp³-hybridized carbons (Fsp3) is 1.00. The fourth-order valence-corrected chi connectivity index (χ4v) is 4.58. The Balaban J connectivity index is 1.59. The Morgan fingerprint density at radius 3 is 2.31 bits per heavy atom. The molecule has 3 aliphatic carbocycles. The Bertz CT molecular complexity index is 241. The Kier molecular flexibility index (Phi) is 3.32. The van der Waals surface area contributed by atoms with Crippen LogP contribution in [0.15, 0.2) is 0 Å². The van der Waals surface area contributed by atoms with Crippen LogP contribution in [-0.4, -0.2) is 17.5 Å². The molecule has 0 aromatic rings. The minimum Gasteiger partial charge on any atom is -0.377 e. The number of hydrogen-bond donors (Lipinski definition) is 0. The smallest absolute Gasteiger partial charge is 0.0653 e. The van der Waals surface area contributed by atoms with Gasteiger partial charge in [0.2, 0.25) is 0 Å². The SMILES string of the molecule is BrC1CC(OCC2CC2)C12CCCCCC2. The van der Waals surface area contributed by atoms with Crippen LogP contribution in [0, 0.1) is 11.3 Å². The average molecular weight is 287 g/mol. The van der Waals surface area contributed by atoms with Crippen LogP contribution < -0.4 is 0 Å². The highest BCUT2D eigenvalue weighted by atomic mass is 79.9. The zero-order chi connectivity index (χ0) is 11.0. The highest BCUT2D eigenvalue weighted by Crippen LogP contribution is 2.56. The molecular formula is C14H23BrO. The van der Waals surface area contributed by atoms with Gasteiger partial charge in [0, 0.05) is 16.8 Å². The van der Waals surface area contributed by atoms with Gasteiger partial charge in [-0.25, -0.2) is 0 Å². The van der Waals surface area contributed by atoms with E-state index in [-0.39, 0.29) is 0 Å². The second kappa shape index (κ2) is 4.61. The Labute approximate surface area is 107 Å². The van der Waals surface area contributed by atoms with Gasteiger partial charge in [-0.3, -0.25) is 0 Å². The summed E-state index contributed by atoms with van der Waals surface area (Å²) < 4.78 is 6.19. The summed E-state index contributed by atoms with van der Waals surface area (Å²) in [6, 6.07) is 0. The molecule has 0 aromatic carbocycles. The molecule has 0 heterocycles. The van der Waals surface area contributed by atoms with Crippen molar-refractivity contribution in [2.45, 2.75) is 68.7 Å². The van der Waals surface area contributed by atoms with Crippen molar-refractivity contribution in [3.63, 3.8) is 0 Å². The first-order chi connectivity index (χ1) is 7.81. The highest BCUT2D eigenvalue weighted by molar-refractivity contribution is 9.09. The standard InChI is InChI=1S/C14H23BrO/c15-12-9-13(16-10-11-5-6-11)14(12)7-3-1-2-4-8-14/h11-13H,1-10H2. The van der Waals surface area contributed by atoms with Crippen molar-refractivity contribution in [1.82, 2.24) is 0 Å². The molecule has 2 unspecified atom stereocenters. The zero-order valence-electron chi connectivity index (χ0n) is 10.1. The number of halogens is 1. The van der Waals surface area contributed by atoms with E-state index in [4.69, 9.17) is 4.74 Å². The monoisotopic (exact) mass is 286 g/mol. The predicted molar refractivity (Wildman–Crippen MR) is 69.9 cm³/mol. The third-order valence-electron chi connectivity index (χ3n) is 4.95. The van der Waals surface area contributed by atoms with Crippen LogP contribution in [0.3, 0.4) is 0 Å². The van der Waals surface area contributed by atoms with Crippen molar-refractivity contribution in [3.05, 3.63) is 0 Å². The molecule has 0 amide bonds. The first-order valence-electron chi connectivity index (χ1n) is 7.07. The summed E-state index contributed by atoms with van der Waals surface area (Å²) in [4.78, 5) is 0.738. The van der Waals surface area contributed by atoms with E-state index >= 15 is 0 Å². The van der Waals surface area contributed by atoms with Crippen molar-refractivity contribution in [2.24, 2.45) is 11.3 Å². The van der Waals surface area contributed by atoms with Crippen molar-refractivity contribution in [2.75, 3.05) is 6.61 Å². The van der Waals surface area contributed by atoms with E-state index in [9.17, 15) is 0 Å². The van der Waals surface area contributed by atoms with Gasteiger partial charge in [-0.1, -0.05) is 41.6 Å². The third kappa shape index (κ3) is 2.08. The summed E-state index contributed by atoms with van der Waals surface area (Å²) in [5.74, 6) is 0.914. The lowest BCUT2D eigenvalue weighted by Crippen LogP contribution is -2.55. The van der Waals surface area contributed by atoms with Crippen LogP contribution in [0.1, 0.15) is 57.8 Å². The van der Waals surface area contributed by atoms with Crippen LogP contribution in [0.5, 0.6) is 0 Å².